The first kappa shape index (κ1) is 23.1. The predicted octanol–water partition coefficient (Wildman–Crippen LogP) is 3.77. The van der Waals surface area contributed by atoms with Gasteiger partial charge in [0.1, 0.15) is 11.5 Å². The minimum Gasteiger partial charge on any atom is -0.496 e. The van der Waals surface area contributed by atoms with E-state index < -0.39 is 0 Å². The van der Waals surface area contributed by atoms with Gasteiger partial charge in [0.05, 0.1) is 23.4 Å². The molecular weight excluding hydrogens is 485 g/mol. The summed E-state index contributed by atoms with van der Waals surface area (Å²) in [4.78, 5) is 20.2. The molecule has 158 valence electrons. The van der Waals surface area contributed by atoms with E-state index in [9.17, 15) is 4.79 Å². The fourth-order valence-electron chi connectivity index (χ4n) is 2.53. The van der Waals surface area contributed by atoms with Gasteiger partial charge >= 0.3 is 0 Å². The first-order valence-electron chi connectivity index (χ1n) is 9.39. The Kier molecular flexibility index (Phi) is 8.45. The van der Waals surface area contributed by atoms with Crippen molar-refractivity contribution in [1.29, 1.82) is 0 Å². The van der Waals surface area contributed by atoms with Crippen molar-refractivity contribution in [1.82, 2.24) is 15.3 Å². The van der Waals surface area contributed by atoms with Crippen LogP contribution in [0.3, 0.4) is 0 Å². The quantitative estimate of drug-likeness (QED) is 0.438. The number of aromatic nitrogens is 2. The molecule has 4 N–H and O–H groups in total. The molecule has 0 saturated carbocycles. The van der Waals surface area contributed by atoms with E-state index in [1.807, 2.05) is 12.1 Å². The number of rotatable bonds is 9. The summed E-state index contributed by atoms with van der Waals surface area (Å²) in [5.74, 6) is 2.50. The number of carbonyl (C=O) groups excluding carboxylic acids is 1. The Hall–Kier alpha value is -2.14. The molecule has 1 amide bonds. The highest BCUT2D eigenvalue weighted by molar-refractivity contribution is 14.1. The zero-order valence-corrected chi connectivity index (χ0v) is 19.5. The second-order valence-corrected chi connectivity index (χ2v) is 8.46. The summed E-state index contributed by atoms with van der Waals surface area (Å²) in [5.41, 5.74) is 7.02. The molecule has 0 aliphatic carbocycles. The molecule has 9 heteroatoms. The highest BCUT2D eigenvalue weighted by Gasteiger charge is 2.16. The average molecular weight is 513 g/mol. The highest BCUT2D eigenvalue weighted by atomic mass is 127. The van der Waals surface area contributed by atoms with Gasteiger partial charge in [-0.05, 0) is 53.1 Å². The summed E-state index contributed by atoms with van der Waals surface area (Å²) < 4.78 is 12.3. The number of hydrogen-bond acceptors (Lipinski definition) is 7. The molecule has 0 unspecified atom stereocenters. The molecule has 1 aromatic carbocycles. The summed E-state index contributed by atoms with van der Waals surface area (Å²) in [5, 5.41) is 5.68. The molecule has 2 rings (SSSR count). The zero-order chi connectivity index (χ0) is 21.6. The number of ether oxygens (including phenoxy) is 2. The third kappa shape index (κ3) is 6.70. The van der Waals surface area contributed by atoms with E-state index in [2.05, 4.69) is 70.9 Å². The van der Waals surface area contributed by atoms with Gasteiger partial charge in [-0.15, -0.1) is 0 Å². The van der Waals surface area contributed by atoms with Crippen LogP contribution in [0.5, 0.6) is 17.2 Å². The summed E-state index contributed by atoms with van der Waals surface area (Å²) in [6, 6.07) is 3.85. The number of hydrogen-bond donors (Lipinski definition) is 3. The molecule has 2 aromatic rings. The topological polar surface area (TPSA) is 111 Å². The second kappa shape index (κ2) is 10.6. The molecule has 0 aliphatic rings. The number of carbonyl (C=O) groups is 1. The Labute approximate surface area is 185 Å². The van der Waals surface area contributed by atoms with Crippen molar-refractivity contribution >= 4 is 40.3 Å². The summed E-state index contributed by atoms with van der Waals surface area (Å²) in [7, 11) is 1.64. The van der Waals surface area contributed by atoms with Crippen LogP contribution >= 0.6 is 22.6 Å². The third-order valence-corrected chi connectivity index (χ3v) is 4.84. The lowest BCUT2D eigenvalue weighted by Crippen LogP contribution is -2.31. The second-order valence-electron chi connectivity index (χ2n) is 7.30. The molecule has 29 heavy (non-hydrogen) atoms. The molecule has 1 aromatic heterocycles. The fraction of sp³-hybridized carbons (Fsp3) is 0.450. The van der Waals surface area contributed by atoms with E-state index in [4.69, 9.17) is 15.2 Å². The summed E-state index contributed by atoms with van der Waals surface area (Å²) >= 11 is 2.19. The molecule has 0 fully saturated rings. The number of benzene rings is 1. The van der Waals surface area contributed by atoms with Gasteiger partial charge in [0, 0.05) is 5.56 Å². The summed E-state index contributed by atoms with van der Waals surface area (Å²) in [6.07, 6.45) is 1.46. The van der Waals surface area contributed by atoms with Crippen LogP contribution in [-0.4, -0.2) is 36.1 Å². The fourth-order valence-corrected chi connectivity index (χ4v) is 3.19. The number of amides is 1. The van der Waals surface area contributed by atoms with Crippen molar-refractivity contribution in [3.63, 3.8) is 0 Å². The Morgan fingerprint density at radius 3 is 2.52 bits per heavy atom. The number of methoxy groups -OCH3 is 1. The number of nitrogens with one attached hydrogen (secondary N) is 2. The maximum Gasteiger partial charge on any atom is 0.240 e. The average Bonchev–Trinajstić information content (AvgIpc) is 2.63. The van der Waals surface area contributed by atoms with E-state index >= 15 is 0 Å². The molecule has 1 heterocycles. The number of nitrogens with two attached hydrogens (primary N) is 1. The first-order valence-corrected chi connectivity index (χ1v) is 10.5. The summed E-state index contributed by atoms with van der Waals surface area (Å²) in [6.45, 7) is 9.22. The minimum atomic E-state index is -0.231. The van der Waals surface area contributed by atoms with Gasteiger partial charge in [-0.1, -0.05) is 27.7 Å². The monoisotopic (exact) mass is 513 g/mol. The lowest BCUT2D eigenvalue weighted by molar-refractivity contribution is -0.115. The Balaban J connectivity index is 2.13. The van der Waals surface area contributed by atoms with Crippen molar-refractivity contribution in [2.45, 2.75) is 33.6 Å². The lowest BCUT2D eigenvalue weighted by atomic mass is 10.0. The van der Waals surface area contributed by atoms with E-state index in [0.29, 0.717) is 17.4 Å². The van der Waals surface area contributed by atoms with Crippen LogP contribution in [0.1, 0.15) is 39.2 Å². The molecule has 0 atom stereocenters. The van der Waals surface area contributed by atoms with E-state index in [1.165, 1.54) is 6.20 Å². The maximum atomic E-state index is 12.0. The molecular formula is C20H28IN5O3. The largest absolute Gasteiger partial charge is 0.496 e. The standard InChI is InChI=1S/C20H28IN5O3/c1-11(2)8-23-10-18(27)25-20-24-9-17(19(22)26-20)29-15-7-14(21)16(28-5)6-13(15)12(3)4/h6-7,9,11-12,23H,8,10H2,1-5H3,(H3,22,24,25,26,27). The van der Waals surface area contributed by atoms with Crippen molar-refractivity contribution < 1.29 is 14.3 Å². The molecule has 0 aliphatic heterocycles. The molecule has 0 spiro atoms. The molecule has 8 nitrogen and oxygen atoms in total. The van der Waals surface area contributed by atoms with Crippen molar-refractivity contribution in [2.24, 2.45) is 5.92 Å². The predicted molar refractivity (Wildman–Crippen MR) is 123 cm³/mol. The van der Waals surface area contributed by atoms with Crippen molar-refractivity contribution in [2.75, 3.05) is 31.2 Å². The number of nitrogen functional groups attached to an aromatic ring is 1. The molecule has 0 saturated heterocycles. The van der Waals surface area contributed by atoms with Gasteiger partial charge in [0.15, 0.2) is 11.6 Å². The minimum absolute atomic E-state index is 0.139. The Morgan fingerprint density at radius 1 is 1.21 bits per heavy atom. The molecule has 0 bridgehead atoms. The van der Waals surface area contributed by atoms with E-state index in [0.717, 1.165) is 21.4 Å². The van der Waals surface area contributed by atoms with Crippen LogP contribution in [0.4, 0.5) is 11.8 Å². The van der Waals surface area contributed by atoms with Crippen molar-refractivity contribution in [3.8, 4) is 17.2 Å². The molecule has 0 radical (unpaired) electrons. The Bertz CT molecular complexity index is 858. The normalized spacial score (nSPS) is 11.0. The lowest BCUT2D eigenvalue weighted by Gasteiger charge is -2.17. The number of anilines is 2. The first-order chi connectivity index (χ1) is 13.7. The van der Waals surface area contributed by atoms with Crippen LogP contribution in [0.25, 0.3) is 0 Å². The van der Waals surface area contributed by atoms with Crippen LogP contribution in [-0.2, 0) is 4.79 Å². The van der Waals surface area contributed by atoms with Crippen LogP contribution in [0.2, 0.25) is 0 Å². The Morgan fingerprint density at radius 2 is 1.93 bits per heavy atom. The van der Waals surface area contributed by atoms with Gasteiger partial charge < -0.3 is 20.5 Å². The highest BCUT2D eigenvalue weighted by Crippen LogP contribution is 2.37. The van der Waals surface area contributed by atoms with Crippen LogP contribution < -0.4 is 25.8 Å². The van der Waals surface area contributed by atoms with Gasteiger partial charge in [0.2, 0.25) is 11.9 Å². The van der Waals surface area contributed by atoms with Crippen LogP contribution in [0.15, 0.2) is 18.3 Å². The zero-order valence-electron chi connectivity index (χ0n) is 17.4. The van der Waals surface area contributed by atoms with Gasteiger partial charge in [0.25, 0.3) is 0 Å². The number of nitrogens with zero attached hydrogens (tertiary/aromatic N) is 2. The SMILES string of the molecule is COc1cc(C(C)C)c(Oc2cnc(NC(=O)CNCC(C)C)nc2N)cc1I. The van der Waals surface area contributed by atoms with Gasteiger partial charge in [-0.2, -0.15) is 4.98 Å². The van der Waals surface area contributed by atoms with Crippen LogP contribution in [0, 0.1) is 9.49 Å². The number of halogens is 1. The van der Waals surface area contributed by atoms with Gasteiger partial charge in [-0.3, -0.25) is 10.1 Å². The van der Waals surface area contributed by atoms with Gasteiger partial charge in [-0.25, -0.2) is 4.98 Å². The van der Waals surface area contributed by atoms with E-state index in [1.54, 1.807) is 7.11 Å². The maximum absolute atomic E-state index is 12.0. The smallest absolute Gasteiger partial charge is 0.240 e. The third-order valence-electron chi connectivity index (χ3n) is 4.00. The van der Waals surface area contributed by atoms with E-state index in [-0.39, 0.29) is 30.1 Å². The van der Waals surface area contributed by atoms with Crippen molar-refractivity contribution in [3.05, 3.63) is 27.5 Å².